The number of hydrogen-bond donors (Lipinski definition) is 1. The molecule has 0 spiro atoms. The zero-order valence-corrected chi connectivity index (χ0v) is 16.8. The molecule has 9 heteroatoms. The summed E-state index contributed by atoms with van der Waals surface area (Å²) in [7, 11) is 0. The van der Waals surface area contributed by atoms with E-state index in [9.17, 15) is 9.59 Å². The van der Waals surface area contributed by atoms with E-state index in [1.807, 2.05) is 40.1 Å². The first kappa shape index (κ1) is 19.1. The lowest BCUT2D eigenvalue weighted by Gasteiger charge is -2.35. The monoisotopic (exact) mass is 411 g/mol. The highest BCUT2D eigenvalue weighted by atomic mass is 32.1. The van der Waals surface area contributed by atoms with Crippen LogP contribution in [0, 0.1) is 0 Å². The highest BCUT2D eigenvalue weighted by molar-refractivity contribution is 7.17. The largest absolute Gasteiger partial charge is 0.462 e. The van der Waals surface area contributed by atoms with Crippen molar-refractivity contribution in [3.8, 4) is 0 Å². The molecule has 2 N–H and O–H groups in total. The molecule has 0 unspecified atom stereocenters. The molecule has 4 rings (SSSR count). The van der Waals surface area contributed by atoms with Gasteiger partial charge in [-0.25, -0.2) is 9.78 Å². The number of ether oxygens (including phenoxy) is 1. The van der Waals surface area contributed by atoms with Gasteiger partial charge in [-0.05, 0) is 19.1 Å². The summed E-state index contributed by atoms with van der Waals surface area (Å²) in [5.41, 5.74) is 7.03. The average Bonchev–Trinajstić information content (AvgIpc) is 3.17. The summed E-state index contributed by atoms with van der Waals surface area (Å²) in [5.74, 6) is 0.391. The second-order valence-electron chi connectivity index (χ2n) is 6.60. The van der Waals surface area contributed by atoms with E-state index in [1.165, 1.54) is 11.3 Å². The highest BCUT2D eigenvalue weighted by Gasteiger charge is 2.27. The minimum atomic E-state index is -0.397. The standard InChI is InChI=1S/C20H21N5O3S/c1-2-28-19(27)14-12-29-17-15(14)16(22-20(21)23-17)24-8-10-25(11-9-24)18(26)13-6-4-3-5-7-13/h3-7,12H,2,8-11H2,1H3,(H2,21,22,23). The molecule has 0 saturated carbocycles. The Balaban J connectivity index is 1.59. The normalized spacial score (nSPS) is 14.2. The van der Waals surface area contributed by atoms with Crippen LogP contribution >= 0.6 is 11.3 Å². The fourth-order valence-corrected chi connectivity index (χ4v) is 4.32. The maximum Gasteiger partial charge on any atom is 0.339 e. The Hall–Kier alpha value is -3.20. The van der Waals surface area contributed by atoms with Crippen molar-refractivity contribution in [2.45, 2.75) is 6.92 Å². The maximum atomic E-state index is 12.7. The van der Waals surface area contributed by atoms with Crippen molar-refractivity contribution in [2.75, 3.05) is 43.4 Å². The molecule has 1 fully saturated rings. The Kier molecular flexibility index (Phi) is 5.30. The van der Waals surface area contributed by atoms with E-state index in [0.717, 1.165) is 0 Å². The molecule has 0 radical (unpaired) electrons. The molecule has 1 saturated heterocycles. The molecule has 1 aromatic carbocycles. The van der Waals surface area contributed by atoms with Crippen molar-refractivity contribution in [1.82, 2.24) is 14.9 Å². The summed E-state index contributed by atoms with van der Waals surface area (Å²) in [5, 5.41) is 2.39. The Morgan fingerprint density at radius 1 is 1.14 bits per heavy atom. The fourth-order valence-electron chi connectivity index (χ4n) is 3.41. The van der Waals surface area contributed by atoms with Gasteiger partial charge >= 0.3 is 5.97 Å². The van der Waals surface area contributed by atoms with Gasteiger partial charge in [0.1, 0.15) is 10.6 Å². The van der Waals surface area contributed by atoms with Gasteiger partial charge in [0, 0.05) is 37.1 Å². The van der Waals surface area contributed by atoms with Crippen LogP contribution in [0.15, 0.2) is 35.7 Å². The SMILES string of the molecule is CCOC(=O)c1csc2nc(N)nc(N3CCN(C(=O)c4ccccc4)CC3)c12. The number of fused-ring (bicyclic) bond motifs is 1. The van der Waals surface area contributed by atoms with Crippen molar-refractivity contribution in [2.24, 2.45) is 0 Å². The van der Waals surface area contributed by atoms with Gasteiger partial charge in [-0.3, -0.25) is 4.79 Å². The van der Waals surface area contributed by atoms with Gasteiger partial charge in [0.15, 0.2) is 0 Å². The first-order valence-electron chi connectivity index (χ1n) is 9.39. The van der Waals surface area contributed by atoms with Crippen molar-refractivity contribution in [1.29, 1.82) is 0 Å². The van der Waals surface area contributed by atoms with Crippen LogP contribution in [-0.2, 0) is 4.74 Å². The molecule has 8 nitrogen and oxygen atoms in total. The second kappa shape index (κ2) is 8.04. The summed E-state index contributed by atoms with van der Waals surface area (Å²) >= 11 is 1.34. The van der Waals surface area contributed by atoms with Gasteiger partial charge in [-0.1, -0.05) is 18.2 Å². The topological polar surface area (TPSA) is 102 Å². The average molecular weight is 411 g/mol. The number of amides is 1. The smallest absolute Gasteiger partial charge is 0.339 e. The third-order valence-corrected chi connectivity index (χ3v) is 5.69. The molecule has 0 aliphatic carbocycles. The molecule has 0 atom stereocenters. The van der Waals surface area contributed by atoms with E-state index in [0.29, 0.717) is 59.9 Å². The number of anilines is 2. The minimum Gasteiger partial charge on any atom is -0.462 e. The van der Waals surface area contributed by atoms with E-state index in [-0.39, 0.29) is 11.9 Å². The van der Waals surface area contributed by atoms with Crippen molar-refractivity contribution in [3.05, 3.63) is 46.8 Å². The number of rotatable bonds is 4. The summed E-state index contributed by atoms with van der Waals surface area (Å²) in [6.07, 6.45) is 0. The predicted octanol–water partition coefficient (Wildman–Crippen LogP) is 2.41. The molecule has 1 aliphatic rings. The maximum absolute atomic E-state index is 12.7. The Morgan fingerprint density at radius 3 is 2.55 bits per heavy atom. The Morgan fingerprint density at radius 2 is 1.86 bits per heavy atom. The molecule has 1 amide bonds. The number of carbonyl (C=O) groups excluding carboxylic acids is 2. The van der Waals surface area contributed by atoms with Gasteiger partial charge in [-0.2, -0.15) is 4.98 Å². The van der Waals surface area contributed by atoms with Crippen molar-refractivity contribution in [3.63, 3.8) is 0 Å². The summed E-state index contributed by atoms with van der Waals surface area (Å²) in [6.45, 7) is 4.34. The highest BCUT2D eigenvalue weighted by Crippen LogP contribution is 2.33. The van der Waals surface area contributed by atoms with Crippen LogP contribution in [0.2, 0.25) is 0 Å². The third kappa shape index (κ3) is 3.73. The molecule has 150 valence electrons. The Labute approximate surface area is 171 Å². The third-order valence-electron chi connectivity index (χ3n) is 4.81. The number of nitrogens with two attached hydrogens (primary N) is 1. The number of carbonyl (C=O) groups is 2. The van der Waals surface area contributed by atoms with Crippen molar-refractivity contribution < 1.29 is 14.3 Å². The van der Waals surface area contributed by atoms with E-state index in [2.05, 4.69) is 9.97 Å². The van der Waals surface area contributed by atoms with Gasteiger partial charge in [0.25, 0.3) is 5.91 Å². The fraction of sp³-hybridized carbons (Fsp3) is 0.300. The zero-order chi connectivity index (χ0) is 20.4. The number of aromatic nitrogens is 2. The van der Waals surface area contributed by atoms with E-state index < -0.39 is 5.97 Å². The number of benzene rings is 1. The van der Waals surface area contributed by atoms with Crippen LogP contribution in [0.1, 0.15) is 27.6 Å². The molecule has 1 aliphatic heterocycles. The molecular weight excluding hydrogens is 390 g/mol. The van der Waals surface area contributed by atoms with Gasteiger partial charge in [-0.15, -0.1) is 11.3 Å². The lowest BCUT2D eigenvalue weighted by molar-refractivity contribution is 0.0529. The number of piperazine rings is 1. The van der Waals surface area contributed by atoms with Crippen LogP contribution in [0.4, 0.5) is 11.8 Å². The molecule has 3 heterocycles. The molecular formula is C20H21N5O3S. The van der Waals surface area contributed by atoms with E-state index >= 15 is 0 Å². The van der Waals surface area contributed by atoms with Crippen LogP contribution in [0.25, 0.3) is 10.2 Å². The number of nitrogen functional groups attached to an aromatic ring is 1. The number of esters is 1. The van der Waals surface area contributed by atoms with Gasteiger partial charge < -0.3 is 20.3 Å². The van der Waals surface area contributed by atoms with Crippen LogP contribution in [-0.4, -0.2) is 59.5 Å². The van der Waals surface area contributed by atoms with Crippen LogP contribution in [0.5, 0.6) is 0 Å². The summed E-state index contributed by atoms with van der Waals surface area (Å²) < 4.78 is 5.17. The lowest BCUT2D eigenvalue weighted by atomic mass is 10.1. The van der Waals surface area contributed by atoms with E-state index in [1.54, 1.807) is 12.3 Å². The molecule has 0 bridgehead atoms. The zero-order valence-electron chi connectivity index (χ0n) is 16.0. The number of hydrogen-bond acceptors (Lipinski definition) is 8. The van der Waals surface area contributed by atoms with Crippen LogP contribution < -0.4 is 10.6 Å². The second-order valence-corrected chi connectivity index (χ2v) is 7.46. The van der Waals surface area contributed by atoms with Crippen LogP contribution in [0.3, 0.4) is 0 Å². The number of thiophene rings is 1. The number of nitrogens with zero attached hydrogens (tertiary/aromatic N) is 4. The summed E-state index contributed by atoms with van der Waals surface area (Å²) in [6, 6.07) is 9.25. The molecule has 3 aromatic rings. The quantitative estimate of drug-likeness (QED) is 0.658. The van der Waals surface area contributed by atoms with Gasteiger partial charge in [0.2, 0.25) is 5.95 Å². The predicted molar refractivity (Wildman–Crippen MR) is 112 cm³/mol. The molecule has 2 aromatic heterocycles. The molecule has 29 heavy (non-hydrogen) atoms. The Bertz CT molecular complexity index is 1040. The van der Waals surface area contributed by atoms with Gasteiger partial charge in [0.05, 0.1) is 17.6 Å². The summed E-state index contributed by atoms with van der Waals surface area (Å²) in [4.78, 5) is 38.3. The van der Waals surface area contributed by atoms with Crippen molar-refractivity contribution >= 4 is 45.2 Å². The minimum absolute atomic E-state index is 0.0142. The van der Waals surface area contributed by atoms with E-state index in [4.69, 9.17) is 10.5 Å². The lowest BCUT2D eigenvalue weighted by Crippen LogP contribution is -2.49. The first-order chi connectivity index (χ1) is 14.1. The first-order valence-corrected chi connectivity index (χ1v) is 10.3.